The standard InChI is InChI=1S/C13H22N4O/c1-4-14-12-9(2)13(16-10(3)15-12)17-7-5-6-11(17)8-18/h11,18H,4-8H2,1-3H3,(H,14,15,16). The van der Waals surface area contributed by atoms with Gasteiger partial charge in [0.25, 0.3) is 0 Å². The average Bonchev–Trinajstić information content (AvgIpc) is 2.81. The Morgan fingerprint density at radius 3 is 2.83 bits per heavy atom. The van der Waals surface area contributed by atoms with Gasteiger partial charge in [0.1, 0.15) is 17.5 Å². The van der Waals surface area contributed by atoms with Crippen molar-refractivity contribution >= 4 is 11.6 Å². The Kier molecular flexibility index (Phi) is 4.01. The summed E-state index contributed by atoms with van der Waals surface area (Å²) in [7, 11) is 0. The number of aliphatic hydroxyl groups is 1. The molecule has 5 heteroatoms. The minimum absolute atomic E-state index is 0.193. The second kappa shape index (κ2) is 5.52. The zero-order valence-corrected chi connectivity index (χ0v) is 11.4. The predicted molar refractivity (Wildman–Crippen MR) is 73.1 cm³/mol. The maximum Gasteiger partial charge on any atom is 0.137 e. The van der Waals surface area contributed by atoms with Gasteiger partial charge in [-0.2, -0.15) is 0 Å². The van der Waals surface area contributed by atoms with Crippen molar-refractivity contribution in [2.24, 2.45) is 0 Å². The van der Waals surface area contributed by atoms with E-state index in [9.17, 15) is 5.11 Å². The fourth-order valence-corrected chi connectivity index (χ4v) is 2.54. The SMILES string of the molecule is CCNc1nc(C)nc(N2CCCC2CO)c1C. The lowest BCUT2D eigenvalue weighted by Gasteiger charge is -2.26. The van der Waals surface area contributed by atoms with Gasteiger partial charge in [0.2, 0.25) is 0 Å². The summed E-state index contributed by atoms with van der Waals surface area (Å²) in [5, 5.41) is 12.7. The topological polar surface area (TPSA) is 61.3 Å². The smallest absolute Gasteiger partial charge is 0.137 e. The molecule has 0 saturated carbocycles. The molecule has 0 aromatic carbocycles. The molecule has 1 atom stereocenters. The Balaban J connectivity index is 2.37. The third-order valence-corrected chi connectivity index (χ3v) is 3.44. The number of aliphatic hydroxyl groups excluding tert-OH is 1. The van der Waals surface area contributed by atoms with Crippen LogP contribution in [0.1, 0.15) is 31.2 Å². The molecule has 100 valence electrons. The quantitative estimate of drug-likeness (QED) is 0.847. The third-order valence-electron chi connectivity index (χ3n) is 3.44. The number of aromatic nitrogens is 2. The van der Waals surface area contributed by atoms with Crippen LogP contribution in [-0.4, -0.2) is 40.8 Å². The van der Waals surface area contributed by atoms with Gasteiger partial charge in [0, 0.05) is 18.7 Å². The fraction of sp³-hybridized carbons (Fsp3) is 0.692. The molecule has 1 saturated heterocycles. The second-order valence-electron chi connectivity index (χ2n) is 4.77. The molecule has 5 nitrogen and oxygen atoms in total. The van der Waals surface area contributed by atoms with Crippen LogP contribution in [0.25, 0.3) is 0 Å². The van der Waals surface area contributed by atoms with Crippen LogP contribution in [0.15, 0.2) is 0 Å². The van der Waals surface area contributed by atoms with Gasteiger partial charge < -0.3 is 15.3 Å². The molecular weight excluding hydrogens is 228 g/mol. The van der Waals surface area contributed by atoms with Gasteiger partial charge in [-0.15, -0.1) is 0 Å². The number of hydrogen-bond donors (Lipinski definition) is 2. The number of aryl methyl sites for hydroxylation is 1. The summed E-state index contributed by atoms with van der Waals surface area (Å²) in [6.45, 7) is 8.02. The van der Waals surface area contributed by atoms with E-state index in [1.165, 1.54) is 0 Å². The van der Waals surface area contributed by atoms with Crippen molar-refractivity contribution in [1.82, 2.24) is 9.97 Å². The summed E-state index contributed by atoms with van der Waals surface area (Å²) in [5.41, 5.74) is 1.07. The van der Waals surface area contributed by atoms with E-state index in [1.54, 1.807) is 0 Å². The van der Waals surface area contributed by atoms with E-state index >= 15 is 0 Å². The van der Waals surface area contributed by atoms with Crippen molar-refractivity contribution < 1.29 is 5.11 Å². The molecule has 1 aliphatic heterocycles. The molecule has 1 aliphatic rings. The van der Waals surface area contributed by atoms with E-state index in [0.29, 0.717) is 0 Å². The van der Waals surface area contributed by atoms with Crippen LogP contribution < -0.4 is 10.2 Å². The number of anilines is 2. The van der Waals surface area contributed by atoms with Crippen LogP contribution in [0.3, 0.4) is 0 Å². The largest absolute Gasteiger partial charge is 0.394 e. The number of hydrogen-bond acceptors (Lipinski definition) is 5. The van der Waals surface area contributed by atoms with Crippen LogP contribution in [0.5, 0.6) is 0 Å². The summed E-state index contributed by atoms with van der Waals surface area (Å²) in [6, 6.07) is 0.201. The molecule has 0 bridgehead atoms. The lowest BCUT2D eigenvalue weighted by molar-refractivity contribution is 0.266. The van der Waals surface area contributed by atoms with Crippen LogP contribution in [0.4, 0.5) is 11.6 Å². The van der Waals surface area contributed by atoms with Crippen molar-refractivity contribution in [2.45, 2.75) is 39.7 Å². The van der Waals surface area contributed by atoms with Crippen molar-refractivity contribution in [3.8, 4) is 0 Å². The highest BCUT2D eigenvalue weighted by molar-refractivity contribution is 5.59. The normalized spacial score (nSPS) is 19.3. The van der Waals surface area contributed by atoms with Crippen molar-refractivity contribution in [3.05, 3.63) is 11.4 Å². The van der Waals surface area contributed by atoms with Crippen molar-refractivity contribution in [1.29, 1.82) is 0 Å². The molecule has 1 unspecified atom stereocenters. The second-order valence-corrected chi connectivity index (χ2v) is 4.77. The van der Waals surface area contributed by atoms with E-state index in [2.05, 4.69) is 27.1 Å². The molecule has 2 N–H and O–H groups in total. The molecule has 1 aromatic rings. The Bertz CT molecular complexity index is 422. The molecule has 0 spiro atoms. The summed E-state index contributed by atoms with van der Waals surface area (Å²) in [4.78, 5) is 11.2. The Morgan fingerprint density at radius 2 is 2.17 bits per heavy atom. The van der Waals surface area contributed by atoms with E-state index in [1.807, 2.05) is 13.8 Å². The first-order chi connectivity index (χ1) is 8.67. The lowest BCUT2D eigenvalue weighted by Crippen LogP contribution is -2.33. The number of nitrogens with zero attached hydrogens (tertiary/aromatic N) is 3. The summed E-state index contributed by atoms with van der Waals surface area (Å²) < 4.78 is 0. The monoisotopic (exact) mass is 250 g/mol. The first-order valence-corrected chi connectivity index (χ1v) is 6.64. The molecule has 0 amide bonds. The minimum atomic E-state index is 0.193. The first-order valence-electron chi connectivity index (χ1n) is 6.64. The molecule has 1 fully saturated rings. The molecule has 1 aromatic heterocycles. The van der Waals surface area contributed by atoms with Crippen LogP contribution in [0.2, 0.25) is 0 Å². The fourth-order valence-electron chi connectivity index (χ4n) is 2.54. The summed E-state index contributed by atoms with van der Waals surface area (Å²) >= 11 is 0. The summed E-state index contributed by atoms with van der Waals surface area (Å²) in [5.74, 6) is 2.65. The van der Waals surface area contributed by atoms with Gasteiger partial charge >= 0.3 is 0 Å². The summed E-state index contributed by atoms with van der Waals surface area (Å²) in [6.07, 6.45) is 2.15. The van der Waals surface area contributed by atoms with Gasteiger partial charge in [0.05, 0.1) is 12.6 Å². The minimum Gasteiger partial charge on any atom is -0.394 e. The van der Waals surface area contributed by atoms with Gasteiger partial charge in [-0.25, -0.2) is 9.97 Å². The van der Waals surface area contributed by atoms with E-state index in [4.69, 9.17) is 0 Å². The molecule has 0 aliphatic carbocycles. The van der Waals surface area contributed by atoms with Crippen LogP contribution in [0, 0.1) is 13.8 Å². The number of rotatable bonds is 4. The maximum atomic E-state index is 9.43. The van der Waals surface area contributed by atoms with E-state index in [0.717, 1.165) is 49.0 Å². The van der Waals surface area contributed by atoms with Gasteiger partial charge in [-0.3, -0.25) is 0 Å². The Hall–Kier alpha value is -1.36. The van der Waals surface area contributed by atoms with Crippen LogP contribution >= 0.6 is 0 Å². The van der Waals surface area contributed by atoms with Crippen LogP contribution in [-0.2, 0) is 0 Å². The Labute approximate surface area is 108 Å². The number of nitrogens with one attached hydrogen (secondary N) is 1. The molecular formula is C13H22N4O. The zero-order valence-electron chi connectivity index (χ0n) is 11.4. The highest BCUT2D eigenvalue weighted by Crippen LogP contribution is 2.29. The van der Waals surface area contributed by atoms with Gasteiger partial charge in [-0.05, 0) is 33.6 Å². The van der Waals surface area contributed by atoms with E-state index in [-0.39, 0.29) is 12.6 Å². The van der Waals surface area contributed by atoms with Gasteiger partial charge in [-0.1, -0.05) is 0 Å². The molecule has 2 rings (SSSR count). The van der Waals surface area contributed by atoms with Crippen molar-refractivity contribution in [2.75, 3.05) is 29.9 Å². The van der Waals surface area contributed by atoms with Gasteiger partial charge in [0.15, 0.2) is 0 Å². The first kappa shape index (κ1) is 13.1. The highest BCUT2D eigenvalue weighted by Gasteiger charge is 2.27. The predicted octanol–water partition coefficient (Wildman–Crippen LogP) is 1.49. The molecule has 0 radical (unpaired) electrons. The average molecular weight is 250 g/mol. The zero-order chi connectivity index (χ0) is 13.1. The third kappa shape index (κ3) is 2.41. The highest BCUT2D eigenvalue weighted by atomic mass is 16.3. The lowest BCUT2D eigenvalue weighted by atomic mass is 10.2. The molecule has 2 heterocycles. The van der Waals surface area contributed by atoms with Crippen molar-refractivity contribution in [3.63, 3.8) is 0 Å². The molecule has 18 heavy (non-hydrogen) atoms. The van der Waals surface area contributed by atoms with E-state index < -0.39 is 0 Å². The Morgan fingerprint density at radius 1 is 1.39 bits per heavy atom. The maximum absolute atomic E-state index is 9.43.